The molecule has 3 aromatic carbocycles. The summed E-state index contributed by atoms with van der Waals surface area (Å²) in [5, 5.41) is 3.04. The summed E-state index contributed by atoms with van der Waals surface area (Å²) in [4.78, 5) is 28.9. The number of benzene rings is 3. The third-order valence-electron chi connectivity index (χ3n) is 6.79. The van der Waals surface area contributed by atoms with E-state index in [0.29, 0.717) is 18.7 Å². The lowest BCUT2D eigenvalue weighted by molar-refractivity contribution is -0.140. The molecule has 0 radical (unpaired) electrons. The van der Waals surface area contributed by atoms with Gasteiger partial charge in [0, 0.05) is 13.1 Å². The third-order valence-corrected chi connectivity index (χ3v) is 9.37. The van der Waals surface area contributed by atoms with E-state index in [1.165, 1.54) is 29.2 Å². The average Bonchev–Trinajstić information content (AvgIpc) is 2.97. The van der Waals surface area contributed by atoms with Crippen LogP contribution in [0.15, 0.2) is 71.6 Å². The average molecular weight is 635 g/mol. The van der Waals surface area contributed by atoms with Crippen LogP contribution < -0.4 is 14.4 Å². The lowest BCUT2D eigenvalue weighted by atomic mass is 10.1. The van der Waals surface area contributed by atoms with E-state index in [1.807, 2.05) is 26.8 Å². The number of methoxy groups -OCH3 is 1. The largest absolute Gasteiger partial charge is 0.497 e. The van der Waals surface area contributed by atoms with Gasteiger partial charge < -0.3 is 15.0 Å². The zero-order chi connectivity index (χ0) is 30.9. The van der Waals surface area contributed by atoms with E-state index in [-0.39, 0.29) is 33.1 Å². The maximum atomic E-state index is 14.2. The van der Waals surface area contributed by atoms with Crippen molar-refractivity contribution in [3.05, 3.63) is 87.9 Å². The summed E-state index contributed by atoms with van der Waals surface area (Å²) in [5.74, 6) is -0.299. The number of nitrogens with zero attached hydrogens (tertiary/aromatic N) is 2. The number of carbonyl (C=O) groups is 2. The number of rotatable bonds is 14. The van der Waals surface area contributed by atoms with Crippen molar-refractivity contribution < 1.29 is 22.7 Å². The number of sulfonamides is 1. The summed E-state index contributed by atoms with van der Waals surface area (Å²) in [6, 6.07) is 17.2. The molecular formula is C31H37Cl2N3O5S. The van der Waals surface area contributed by atoms with Crippen LogP contribution >= 0.6 is 23.2 Å². The Balaban J connectivity index is 2.09. The lowest BCUT2D eigenvalue weighted by Gasteiger charge is -2.33. The van der Waals surface area contributed by atoms with Crippen LogP contribution in [0.25, 0.3) is 0 Å². The van der Waals surface area contributed by atoms with E-state index in [4.69, 9.17) is 27.9 Å². The summed E-state index contributed by atoms with van der Waals surface area (Å²) in [5.41, 5.74) is 1.65. The molecule has 0 aromatic heterocycles. The van der Waals surface area contributed by atoms with Gasteiger partial charge in [0.25, 0.3) is 10.0 Å². The number of anilines is 1. The van der Waals surface area contributed by atoms with Crippen molar-refractivity contribution in [3.63, 3.8) is 0 Å². The number of hydrogen-bond donors (Lipinski definition) is 1. The molecule has 8 nitrogen and oxygen atoms in total. The van der Waals surface area contributed by atoms with Crippen molar-refractivity contribution in [1.82, 2.24) is 10.2 Å². The molecule has 0 saturated carbocycles. The Labute approximate surface area is 258 Å². The van der Waals surface area contributed by atoms with Crippen LogP contribution in [-0.2, 0) is 26.2 Å². The molecule has 226 valence electrons. The SMILES string of the molecule is CCCCNC(=O)C(CC)N(Cc1cccc(OC)c1)C(=O)CN(c1cccc(Cl)c1Cl)S(=O)(=O)c1ccc(C)cc1. The van der Waals surface area contributed by atoms with Crippen LogP contribution in [0.4, 0.5) is 5.69 Å². The number of unbranched alkanes of at least 4 members (excludes halogenated alkanes) is 1. The van der Waals surface area contributed by atoms with Gasteiger partial charge in [-0.05, 0) is 61.7 Å². The van der Waals surface area contributed by atoms with Gasteiger partial charge in [-0.1, -0.05) is 79.4 Å². The van der Waals surface area contributed by atoms with Crippen LogP contribution in [0, 0.1) is 6.92 Å². The van der Waals surface area contributed by atoms with Crippen LogP contribution in [0.1, 0.15) is 44.2 Å². The Morgan fingerprint density at radius 2 is 1.69 bits per heavy atom. The number of halogens is 2. The van der Waals surface area contributed by atoms with Gasteiger partial charge in [0.1, 0.15) is 18.3 Å². The Kier molecular flexibility index (Phi) is 12.1. The molecule has 0 aliphatic rings. The maximum absolute atomic E-state index is 14.2. The molecular weight excluding hydrogens is 597 g/mol. The smallest absolute Gasteiger partial charge is 0.264 e. The number of aryl methyl sites for hydroxylation is 1. The fourth-order valence-electron chi connectivity index (χ4n) is 4.43. The molecule has 1 atom stereocenters. The highest BCUT2D eigenvalue weighted by atomic mass is 35.5. The second-order valence-corrected chi connectivity index (χ2v) is 12.5. The predicted octanol–water partition coefficient (Wildman–Crippen LogP) is 6.23. The third kappa shape index (κ3) is 8.18. The Hall–Kier alpha value is -3.27. The standard InChI is InChI=1S/C31H37Cl2N3O5S/c1-5-7-18-34-31(38)27(6-2)35(20-23-10-8-11-24(19-23)41-4)29(37)21-36(28-13-9-12-26(32)30(28)33)42(39,40)25-16-14-22(3)15-17-25/h8-17,19,27H,5-7,18,20-21H2,1-4H3,(H,34,38). The summed E-state index contributed by atoms with van der Waals surface area (Å²) in [6.45, 7) is 5.59. The van der Waals surface area contributed by atoms with E-state index in [1.54, 1.807) is 43.5 Å². The fourth-order valence-corrected chi connectivity index (χ4v) is 6.30. The highest BCUT2D eigenvalue weighted by Crippen LogP contribution is 2.35. The molecule has 2 amide bonds. The number of nitrogens with one attached hydrogen (secondary N) is 1. The monoisotopic (exact) mass is 633 g/mol. The van der Waals surface area contributed by atoms with Crippen LogP contribution in [0.2, 0.25) is 10.0 Å². The highest BCUT2D eigenvalue weighted by Gasteiger charge is 2.34. The molecule has 0 bridgehead atoms. The Bertz CT molecular complexity index is 1480. The van der Waals surface area contributed by atoms with Crippen LogP contribution in [-0.4, -0.2) is 51.4 Å². The minimum Gasteiger partial charge on any atom is -0.497 e. The number of amides is 2. The van der Waals surface area contributed by atoms with Crippen LogP contribution in [0.5, 0.6) is 5.75 Å². The van der Waals surface area contributed by atoms with Crippen molar-refractivity contribution in [3.8, 4) is 5.75 Å². The molecule has 0 aliphatic carbocycles. The normalized spacial score (nSPS) is 12.0. The van der Waals surface area contributed by atoms with Gasteiger partial charge in [-0.15, -0.1) is 0 Å². The van der Waals surface area contributed by atoms with E-state index in [9.17, 15) is 18.0 Å². The van der Waals surface area contributed by atoms with Crippen molar-refractivity contribution in [1.29, 1.82) is 0 Å². The minimum absolute atomic E-state index is 0.00801. The first-order valence-corrected chi connectivity index (χ1v) is 16.0. The highest BCUT2D eigenvalue weighted by molar-refractivity contribution is 7.92. The summed E-state index contributed by atoms with van der Waals surface area (Å²) in [6.07, 6.45) is 2.01. The topological polar surface area (TPSA) is 96.0 Å². The molecule has 3 rings (SSSR count). The molecule has 0 aliphatic heterocycles. The zero-order valence-corrected chi connectivity index (χ0v) is 26.6. The molecule has 0 saturated heterocycles. The van der Waals surface area contributed by atoms with E-state index >= 15 is 0 Å². The first-order valence-electron chi connectivity index (χ1n) is 13.8. The van der Waals surface area contributed by atoms with E-state index < -0.39 is 28.5 Å². The number of carbonyl (C=O) groups excluding carboxylic acids is 2. The molecule has 1 N–H and O–H groups in total. The molecule has 42 heavy (non-hydrogen) atoms. The van der Waals surface area contributed by atoms with Gasteiger partial charge in [0.2, 0.25) is 11.8 Å². The van der Waals surface area contributed by atoms with Crippen molar-refractivity contribution in [2.45, 2.75) is 57.5 Å². The quantitative estimate of drug-likeness (QED) is 0.212. The number of hydrogen-bond acceptors (Lipinski definition) is 5. The van der Waals surface area contributed by atoms with Gasteiger partial charge in [-0.3, -0.25) is 13.9 Å². The maximum Gasteiger partial charge on any atom is 0.264 e. The minimum atomic E-state index is -4.27. The van der Waals surface area contributed by atoms with Gasteiger partial charge >= 0.3 is 0 Å². The predicted molar refractivity (Wildman–Crippen MR) is 168 cm³/mol. The molecule has 0 fully saturated rings. The first-order chi connectivity index (χ1) is 20.0. The molecule has 0 spiro atoms. The second kappa shape index (κ2) is 15.3. The fraction of sp³-hybridized carbons (Fsp3) is 0.355. The molecule has 11 heteroatoms. The van der Waals surface area contributed by atoms with Crippen LogP contribution in [0.3, 0.4) is 0 Å². The van der Waals surface area contributed by atoms with Gasteiger partial charge in [0.05, 0.1) is 27.7 Å². The van der Waals surface area contributed by atoms with Crippen molar-refractivity contribution >= 4 is 50.7 Å². The lowest BCUT2D eigenvalue weighted by Crippen LogP contribution is -2.52. The zero-order valence-electron chi connectivity index (χ0n) is 24.3. The summed E-state index contributed by atoms with van der Waals surface area (Å²) < 4.78 is 34.3. The Morgan fingerprint density at radius 3 is 2.33 bits per heavy atom. The van der Waals surface area contributed by atoms with Gasteiger partial charge in [-0.2, -0.15) is 0 Å². The number of ether oxygens (including phenoxy) is 1. The Morgan fingerprint density at radius 1 is 1.00 bits per heavy atom. The van der Waals surface area contributed by atoms with Crippen molar-refractivity contribution in [2.75, 3.05) is 24.5 Å². The molecule has 0 heterocycles. The van der Waals surface area contributed by atoms with E-state index in [0.717, 1.165) is 28.3 Å². The second-order valence-electron chi connectivity index (χ2n) is 9.84. The van der Waals surface area contributed by atoms with E-state index in [2.05, 4.69) is 5.32 Å². The molecule has 3 aromatic rings. The summed E-state index contributed by atoms with van der Waals surface area (Å²) in [7, 11) is -2.73. The van der Waals surface area contributed by atoms with Gasteiger partial charge in [0.15, 0.2) is 0 Å². The van der Waals surface area contributed by atoms with Crippen molar-refractivity contribution in [2.24, 2.45) is 0 Å². The van der Waals surface area contributed by atoms with Gasteiger partial charge in [-0.25, -0.2) is 8.42 Å². The summed E-state index contributed by atoms with van der Waals surface area (Å²) >= 11 is 12.8. The first kappa shape index (κ1) is 33.2. The molecule has 1 unspecified atom stereocenters.